The van der Waals surface area contributed by atoms with Crippen LogP contribution in [-0.4, -0.2) is 20.7 Å². The second kappa shape index (κ2) is 5.59. The molecule has 0 fully saturated rings. The van der Waals surface area contributed by atoms with Crippen molar-refractivity contribution in [3.8, 4) is 11.3 Å². The van der Waals surface area contributed by atoms with Gasteiger partial charge < -0.3 is 14.4 Å². The molecule has 0 saturated carbocycles. The van der Waals surface area contributed by atoms with Crippen molar-refractivity contribution in [2.24, 2.45) is 0 Å². The summed E-state index contributed by atoms with van der Waals surface area (Å²) in [6, 6.07) is 2.68. The molecule has 0 amide bonds. The first-order valence-electron chi connectivity index (χ1n) is 6.47. The predicted octanol–water partition coefficient (Wildman–Crippen LogP) is 0.470. The van der Waals surface area contributed by atoms with Gasteiger partial charge in [-0.3, -0.25) is 9.36 Å². The molecule has 0 bridgehead atoms. The number of aliphatic carboxylic acids is 1. The Morgan fingerprint density at radius 2 is 1.96 bits per heavy atom. The lowest BCUT2D eigenvalue weighted by Gasteiger charge is -2.05. The van der Waals surface area contributed by atoms with Crippen LogP contribution >= 0.6 is 0 Å². The summed E-state index contributed by atoms with van der Waals surface area (Å²) < 4.78 is 32.6. The number of carboxylic acid groups (broad SMARTS) is 1. The highest BCUT2D eigenvalue weighted by atomic mass is 19.1. The van der Waals surface area contributed by atoms with E-state index in [9.17, 15) is 23.5 Å². The second-order valence-corrected chi connectivity index (χ2v) is 4.73. The fraction of sp³-hybridized carbons (Fsp3) is 0.143. The highest BCUT2D eigenvalue weighted by Gasteiger charge is 2.18. The second-order valence-electron chi connectivity index (χ2n) is 4.73. The molecule has 3 aromatic rings. The number of fused-ring (bicyclic) bond motifs is 1. The zero-order valence-corrected chi connectivity index (χ0v) is 11.5. The van der Waals surface area contributed by atoms with Crippen molar-refractivity contribution in [3.63, 3.8) is 0 Å². The Hall–Kier alpha value is -3.10. The maximum absolute atomic E-state index is 13.3. The number of halogens is 2. The summed E-state index contributed by atoms with van der Waals surface area (Å²) in [4.78, 5) is 26.7. The summed E-state index contributed by atoms with van der Waals surface area (Å²) in [5.74, 6) is -3.00. The van der Waals surface area contributed by atoms with Gasteiger partial charge in [-0.05, 0) is 12.1 Å². The van der Waals surface area contributed by atoms with E-state index in [1.807, 2.05) is 0 Å². The minimum absolute atomic E-state index is 0.0119. The van der Waals surface area contributed by atoms with E-state index in [1.165, 1.54) is 0 Å². The quantitative estimate of drug-likeness (QED) is 0.692. The van der Waals surface area contributed by atoms with Gasteiger partial charge in [-0.2, -0.15) is 0 Å². The molecule has 9 heteroatoms. The van der Waals surface area contributed by atoms with Gasteiger partial charge >= 0.3 is 0 Å². The van der Waals surface area contributed by atoms with Gasteiger partial charge in [0, 0.05) is 30.6 Å². The summed E-state index contributed by atoms with van der Waals surface area (Å²) in [7, 11) is 0. The van der Waals surface area contributed by atoms with Crippen LogP contribution in [0.3, 0.4) is 0 Å². The number of rotatable bonds is 4. The zero-order valence-electron chi connectivity index (χ0n) is 11.5. The highest BCUT2D eigenvalue weighted by molar-refractivity contribution is 5.88. The number of nitrogens with zero attached hydrogens (tertiary/aromatic N) is 3. The summed E-state index contributed by atoms with van der Waals surface area (Å²) in [5, 5.41) is 14.0. The third kappa shape index (κ3) is 2.80. The highest BCUT2D eigenvalue weighted by Crippen LogP contribution is 2.25. The monoisotopic (exact) mass is 320 g/mol. The molecule has 23 heavy (non-hydrogen) atoms. The van der Waals surface area contributed by atoms with Crippen molar-refractivity contribution in [1.82, 2.24) is 14.7 Å². The van der Waals surface area contributed by atoms with Gasteiger partial charge in [0.2, 0.25) is 0 Å². The Labute approximate surface area is 126 Å². The van der Waals surface area contributed by atoms with Crippen LogP contribution in [0.15, 0.2) is 33.8 Å². The van der Waals surface area contributed by atoms with Crippen LogP contribution in [0.1, 0.15) is 6.42 Å². The van der Waals surface area contributed by atoms with Crippen molar-refractivity contribution in [3.05, 3.63) is 46.5 Å². The van der Waals surface area contributed by atoms with Gasteiger partial charge in [0.1, 0.15) is 29.0 Å². The smallest absolute Gasteiger partial charge is 0.266 e. The average molecular weight is 320 g/mol. The molecule has 7 nitrogen and oxygen atoms in total. The van der Waals surface area contributed by atoms with Gasteiger partial charge in [0.05, 0.1) is 0 Å². The van der Waals surface area contributed by atoms with Gasteiger partial charge in [0.25, 0.3) is 11.3 Å². The number of carbonyl (C=O) groups excluding carboxylic acids is 1. The van der Waals surface area contributed by atoms with Crippen LogP contribution in [0.5, 0.6) is 0 Å². The van der Waals surface area contributed by atoms with E-state index in [1.54, 1.807) is 0 Å². The van der Waals surface area contributed by atoms with Gasteiger partial charge in [-0.1, -0.05) is 5.16 Å². The molecule has 0 N–H and O–H groups in total. The summed E-state index contributed by atoms with van der Waals surface area (Å²) in [5.41, 5.74) is -0.798. The molecule has 0 atom stereocenters. The van der Waals surface area contributed by atoms with E-state index in [4.69, 9.17) is 4.52 Å². The van der Waals surface area contributed by atoms with E-state index in [0.29, 0.717) is 6.07 Å². The van der Waals surface area contributed by atoms with E-state index < -0.39 is 23.2 Å². The lowest BCUT2D eigenvalue weighted by molar-refractivity contribution is -0.305. The Kier molecular flexibility index (Phi) is 3.61. The molecule has 118 valence electrons. The number of aryl methyl sites for hydroxylation is 1. The van der Waals surface area contributed by atoms with Gasteiger partial charge in [0.15, 0.2) is 0 Å². The molecular weight excluding hydrogens is 312 g/mol. The number of hydrogen-bond acceptors (Lipinski definition) is 6. The molecule has 0 aliphatic heterocycles. The molecule has 2 aromatic heterocycles. The van der Waals surface area contributed by atoms with Crippen LogP contribution in [-0.2, 0) is 11.3 Å². The average Bonchev–Trinajstić information content (AvgIpc) is 2.90. The largest absolute Gasteiger partial charge is 0.550 e. The zero-order chi connectivity index (χ0) is 16.6. The number of hydrogen-bond donors (Lipinski definition) is 0. The topological polar surface area (TPSA) is 101 Å². The Bertz CT molecular complexity index is 944. The molecular formula is C14H8F2N3O4-. The van der Waals surface area contributed by atoms with Crippen molar-refractivity contribution < 1.29 is 23.2 Å². The fourth-order valence-electron chi connectivity index (χ4n) is 2.14. The molecule has 3 rings (SSSR count). The summed E-state index contributed by atoms with van der Waals surface area (Å²) in [6.07, 6.45) is 0.719. The molecule has 1 aromatic carbocycles. The van der Waals surface area contributed by atoms with E-state index >= 15 is 0 Å². The molecule has 0 aliphatic carbocycles. The predicted molar refractivity (Wildman–Crippen MR) is 71.0 cm³/mol. The van der Waals surface area contributed by atoms with Crippen LogP contribution in [0.25, 0.3) is 22.4 Å². The SMILES string of the molecule is O=C([O-])CCn1cnc2onc(-c3cc(F)cc(F)c3)c2c1=O. The summed E-state index contributed by atoms with van der Waals surface area (Å²) >= 11 is 0. The number of carbonyl (C=O) groups is 1. The first-order chi connectivity index (χ1) is 11.0. The Morgan fingerprint density at radius 1 is 1.26 bits per heavy atom. The van der Waals surface area contributed by atoms with Gasteiger partial charge in [-0.15, -0.1) is 0 Å². The first kappa shape index (κ1) is 14.8. The maximum Gasteiger partial charge on any atom is 0.266 e. The normalized spacial score (nSPS) is 11.0. The third-order valence-electron chi connectivity index (χ3n) is 3.16. The Morgan fingerprint density at radius 3 is 2.61 bits per heavy atom. The minimum atomic E-state index is -1.32. The lowest BCUT2D eigenvalue weighted by Crippen LogP contribution is -2.27. The number of carboxylic acids is 1. The van der Waals surface area contributed by atoms with Crippen molar-refractivity contribution >= 4 is 17.1 Å². The lowest BCUT2D eigenvalue weighted by atomic mass is 10.1. The summed E-state index contributed by atoms with van der Waals surface area (Å²) in [6.45, 7) is -0.160. The molecule has 0 aliphatic rings. The standard InChI is InChI=1S/C14H9F2N3O4/c15-8-3-7(4-9(16)5-8)12-11-13(23-18-12)17-6-19(14(11)22)2-1-10(20)21/h3-6H,1-2H2,(H,20,21)/p-1. The van der Waals surface area contributed by atoms with Crippen molar-refractivity contribution in [2.45, 2.75) is 13.0 Å². The van der Waals surface area contributed by atoms with Crippen LogP contribution in [0.2, 0.25) is 0 Å². The van der Waals surface area contributed by atoms with E-state index in [0.717, 1.165) is 23.0 Å². The van der Waals surface area contributed by atoms with E-state index in [-0.39, 0.29) is 35.3 Å². The first-order valence-corrected chi connectivity index (χ1v) is 6.47. The molecule has 0 radical (unpaired) electrons. The number of benzene rings is 1. The number of aromatic nitrogens is 3. The van der Waals surface area contributed by atoms with Crippen molar-refractivity contribution in [1.29, 1.82) is 0 Å². The molecule has 2 heterocycles. The third-order valence-corrected chi connectivity index (χ3v) is 3.16. The maximum atomic E-state index is 13.3. The van der Waals surface area contributed by atoms with Crippen LogP contribution < -0.4 is 10.7 Å². The van der Waals surface area contributed by atoms with Crippen LogP contribution in [0.4, 0.5) is 8.78 Å². The van der Waals surface area contributed by atoms with Gasteiger partial charge in [-0.25, -0.2) is 13.8 Å². The molecule has 0 spiro atoms. The fourth-order valence-corrected chi connectivity index (χ4v) is 2.14. The minimum Gasteiger partial charge on any atom is -0.550 e. The van der Waals surface area contributed by atoms with Crippen LogP contribution in [0, 0.1) is 11.6 Å². The van der Waals surface area contributed by atoms with E-state index in [2.05, 4.69) is 10.1 Å². The van der Waals surface area contributed by atoms with Crippen molar-refractivity contribution in [2.75, 3.05) is 0 Å². The molecule has 0 unspecified atom stereocenters. The Balaban J connectivity index is 2.17. The molecule has 0 saturated heterocycles.